The van der Waals surface area contributed by atoms with Gasteiger partial charge >= 0.3 is 6.36 Å². The van der Waals surface area contributed by atoms with Crippen molar-refractivity contribution in [2.45, 2.75) is 25.7 Å². The van der Waals surface area contributed by atoms with Gasteiger partial charge in [0, 0.05) is 6.42 Å². The highest BCUT2D eigenvalue weighted by atomic mass is 19.4. The second-order valence-electron chi connectivity index (χ2n) is 7.33. The highest BCUT2D eigenvalue weighted by Gasteiger charge is 2.31. The second kappa shape index (κ2) is 8.61. The Morgan fingerprint density at radius 2 is 1.59 bits per heavy atom. The fraction of sp³-hybridized carbons (Fsp3) is 0.208. The molecule has 0 saturated carbocycles. The van der Waals surface area contributed by atoms with E-state index < -0.39 is 18.0 Å². The van der Waals surface area contributed by atoms with Crippen LogP contribution in [-0.2, 0) is 4.74 Å². The van der Waals surface area contributed by atoms with Gasteiger partial charge in [-0.1, -0.05) is 36.4 Å². The first kappa shape index (κ1) is 21.8. The van der Waals surface area contributed by atoms with Gasteiger partial charge in [0.05, 0.1) is 12.6 Å². The topological polar surface area (TPSA) is 30.8 Å². The van der Waals surface area contributed by atoms with Gasteiger partial charge in [-0.2, -0.15) is 0 Å². The maximum atomic E-state index is 14.1. The summed E-state index contributed by atoms with van der Waals surface area (Å²) in [5, 5.41) is 0. The number of rotatable bonds is 4. The molecular formula is C24H18F5NO2. The number of benzene rings is 3. The number of ether oxygens (including phenoxy) is 2. The van der Waals surface area contributed by atoms with Crippen LogP contribution in [0.2, 0.25) is 0 Å². The molecular weight excluding hydrogens is 429 g/mol. The number of hydrogen-bond donors (Lipinski definition) is 0. The lowest BCUT2D eigenvalue weighted by Gasteiger charge is -2.23. The van der Waals surface area contributed by atoms with E-state index in [1.807, 2.05) is 25.1 Å². The molecule has 32 heavy (non-hydrogen) atoms. The van der Waals surface area contributed by atoms with Gasteiger partial charge in [0.15, 0.2) is 0 Å². The molecule has 0 radical (unpaired) electrons. The van der Waals surface area contributed by atoms with Crippen LogP contribution in [0.1, 0.15) is 29.2 Å². The lowest BCUT2D eigenvalue weighted by molar-refractivity contribution is -0.274. The zero-order valence-electron chi connectivity index (χ0n) is 16.9. The fourth-order valence-electron chi connectivity index (χ4n) is 3.65. The minimum atomic E-state index is -4.74. The van der Waals surface area contributed by atoms with Crippen LogP contribution >= 0.6 is 0 Å². The van der Waals surface area contributed by atoms with Crippen molar-refractivity contribution < 1.29 is 31.4 Å². The molecule has 3 aromatic rings. The molecule has 0 aromatic heterocycles. The van der Waals surface area contributed by atoms with E-state index in [9.17, 15) is 22.0 Å². The van der Waals surface area contributed by atoms with Crippen molar-refractivity contribution in [1.82, 2.24) is 0 Å². The second-order valence-corrected chi connectivity index (χ2v) is 7.33. The van der Waals surface area contributed by atoms with Gasteiger partial charge in [-0.15, -0.1) is 13.2 Å². The van der Waals surface area contributed by atoms with E-state index in [0.717, 1.165) is 34.4 Å². The average Bonchev–Trinajstić information content (AvgIpc) is 2.73. The first-order valence-electron chi connectivity index (χ1n) is 9.83. The van der Waals surface area contributed by atoms with Gasteiger partial charge in [-0.25, -0.2) is 13.8 Å². The van der Waals surface area contributed by atoms with E-state index in [1.165, 1.54) is 18.2 Å². The summed E-state index contributed by atoms with van der Waals surface area (Å²) in [5.41, 5.74) is 3.01. The molecule has 1 atom stereocenters. The third-order valence-corrected chi connectivity index (χ3v) is 5.13. The Kier molecular flexibility index (Phi) is 5.86. The summed E-state index contributed by atoms with van der Waals surface area (Å²) in [4.78, 5) is 4.44. The number of nitrogens with zero attached hydrogens (tertiary/aromatic N) is 1. The Hall–Kier alpha value is -3.42. The molecule has 1 unspecified atom stereocenters. The number of alkyl halides is 3. The minimum absolute atomic E-state index is 0.0689. The van der Waals surface area contributed by atoms with Crippen LogP contribution in [0.25, 0.3) is 11.1 Å². The predicted octanol–water partition coefficient (Wildman–Crippen LogP) is 6.75. The van der Waals surface area contributed by atoms with Crippen LogP contribution in [0.5, 0.6) is 5.75 Å². The third-order valence-electron chi connectivity index (χ3n) is 5.13. The first-order valence-corrected chi connectivity index (χ1v) is 9.83. The average molecular weight is 447 g/mol. The summed E-state index contributed by atoms with van der Waals surface area (Å²) in [5.74, 6) is -1.84. The molecule has 0 bridgehead atoms. The Morgan fingerprint density at radius 1 is 0.938 bits per heavy atom. The fourth-order valence-corrected chi connectivity index (χ4v) is 3.65. The van der Waals surface area contributed by atoms with Crippen molar-refractivity contribution in [3.63, 3.8) is 0 Å². The number of hydrogen-bond acceptors (Lipinski definition) is 3. The normalized spacial score (nSPS) is 16.3. The number of aliphatic imine (C=N–C) groups is 1. The third kappa shape index (κ3) is 4.74. The highest BCUT2D eigenvalue weighted by molar-refractivity contribution is 5.95. The van der Waals surface area contributed by atoms with E-state index in [0.29, 0.717) is 6.42 Å². The smallest absolute Gasteiger partial charge is 0.477 e. The van der Waals surface area contributed by atoms with E-state index in [2.05, 4.69) is 9.73 Å². The minimum Gasteiger partial charge on any atom is -0.477 e. The molecule has 4 rings (SSSR count). The van der Waals surface area contributed by atoms with Crippen molar-refractivity contribution in [3.05, 3.63) is 89.0 Å². The first-order chi connectivity index (χ1) is 15.2. The lowest BCUT2D eigenvalue weighted by atomic mass is 9.94. The summed E-state index contributed by atoms with van der Waals surface area (Å²) in [6, 6.07) is 14.4. The van der Waals surface area contributed by atoms with Crippen LogP contribution in [0.3, 0.4) is 0 Å². The van der Waals surface area contributed by atoms with Crippen molar-refractivity contribution in [2.24, 2.45) is 4.99 Å². The molecule has 8 heteroatoms. The van der Waals surface area contributed by atoms with Gasteiger partial charge in [0.2, 0.25) is 5.90 Å². The molecule has 1 heterocycles. The van der Waals surface area contributed by atoms with Crippen molar-refractivity contribution >= 4 is 5.90 Å². The predicted molar refractivity (Wildman–Crippen MR) is 110 cm³/mol. The van der Waals surface area contributed by atoms with Crippen LogP contribution in [-0.4, -0.2) is 18.9 Å². The monoisotopic (exact) mass is 447 g/mol. The van der Waals surface area contributed by atoms with Gasteiger partial charge in [-0.3, -0.25) is 0 Å². The number of aryl methyl sites for hydroxylation is 1. The molecule has 166 valence electrons. The van der Waals surface area contributed by atoms with Crippen molar-refractivity contribution in [1.29, 1.82) is 0 Å². The molecule has 3 aromatic carbocycles. The molecule has 3 nitrogen and oxygen atoms in total. The van der Waals surface area contributed by atoms with Crippen LogP contribution < -0.4 is 4.74 Å². The van der Waals surface area contributed by atoms with Gasteiger partial charge in [0.1, 0.15) is 22.9 Å². The van der Waals surface area contributed by atoms with Crippen molar-refractivity contribution in [2.75, 3.05) is 6.61 Å². The van der Waals surface area contributed by atoms with Crippen LogP contribution in [0, 0.1) is 18.6 Å². The molecule has 0 amide bonds. The van der Waals surface area contributed by atoms with Gasteiger partial charge in [0.25, 0.3) is 0 Å². The summed E-state index contributed by atoms with van der Waals surface area (Å²) < 4.78 is 74.6. The maximum Gasteiger partial charge on any atom is 0.573 e. The largest absolute Gasteiger partial charge is 0.573 e. The highest BCUT2D eigenvalue weighted by Crippen LogP contribution is 2.33. The van der Waals surface area contributed by atoms with Gasteiger partial charge < -0.3 is 9.47 Å². The van der Waals surface area contributed by atoms with Crippen molar-refractivity contribution in [3.8, 4) is 16.9 Å². The summed E-state index contributed by atoms with van der Waals surface area (Å²) >= 11 is 0. The summed E-state index contributed by atoms with van der Waals surface area (Å²) in [6.07, 6.45) is -4.20. The van der Waals surface area contributed by atoms with E-state index in [1.54, 1.807) is 12.1 Å². The van der Waals surface area contributed by atoms with Crippen LogP contribution in [0.15, 0.2) is 65.7 Å². The van der Waals surface area contributed by atoms with Crippen LogP contribution in [0.4, 0.5) is 22.0 Å². The molecule has 1 aliphatic rings. The zero-order chi connectivity index (χ0) is 22.9. The Labute approximate surface area is 181 Å². The molecule has 0 saturated heterocycles. The maximum absolute atomic E-state index is 14.1. The summed E-state index contributed by atoms with van der Waals surface area (Å²) in [6.45, 7) is 2.15. The van der Waals surface area contributed by atoms with E-state index in [4.69, 9.17) is 4.74 Å². The molecule has 0 fully saturated rings. The Morgan fingerprint density at radius 3 is 2.22 bits per heavy atom. The quantitative estimate of drug-likeness (QED) is 0.415. The standard InChI is InChI=1S/C24H18F5NO2/c1-14-13-16(15-5-8-17(9-6-15)32-24(27,28)29)7-10-18(14)21-11-12-31-23(30-21)22-19(25)3-2-4-20(22)26/h2-10,13,21H,11-12H2,1H3. The number of halogens is 5. The van der Waals surface area contributed by atoms with Gasteiger partial charge in [-0.05, 0) is 53.4 Å². The molecule has 0 N–H and O–H groups in total. The Balaban J connectivity index is 1.59. The molecule has 1 aliphatic heterocycles. The molecule has 0 aliphatic carbocycles. The molecule has 0 spiro atoms. The lowest BCUT2D eigenvalue weighted by Crippen LogP contribution is -2.20. The zero-order valence-corrected chi connectivity index (χ0v) is 16.9. The SMILES string of the molecule is Cc1cc(-c2ccc(OC(F)(F)F)cc2)ccc1C1CCOC(c2c(F)cccc2F)=N1. The Bertz CT molecular complexity index is 1140. The summed E-state index contributed by atoms with van der Waals surface area (Å²) in [7, 11) is 0. The van der Waals surface area contributed by atoms with E-state index in [-0.39, 0.29) is 29.9 Å². The van der Waals surface area contributed by atoms with E-state index >= 15 is 0 Å².